The monoisotopic (exact) mass is 282 g/mol. The summed E-state index contributed by atoms with van der Waals surface area (Å²) in [5, 5.41) is 3.23. The van der Waals surface area contributed by atoms with Crippen molar-refractivity contribution < 1.29 is 9.07 Å². The molecule has 0 spiro atoms. The van der Waals surface area contributed by atoms with Gasteiger partial charge in [-0.1, -0.05) is 24.1 Å². The molecule has 0 fully saturated rings. The van der Waals surface area contributed by atoms with E-state index in [2.05, 4.69) is 17.0 Å². The Hall–Kier alpha value is -2.49. The number of aromatic nitrogens is 3. The fraction of sp³-hybridized carbons (Fsp3) is 0.176. The maximum Gasteiger partial charge on any atom is 0.248 e. The molecule has 4 heteroatoms. The number of hydrogen-bond acceptors (Lipinski definition) is 1. The van der Waals surface area contributed by atoms with E-state index < -0.39 is 0 Å². The van der Waals surface area contributed by atoms with Gasteiger partial charge in [0, 0.05) is 30.1 Å². The van der Waals surface area contributed by atoms with Crippen molar-refractivity contribution in [1.82, 2.24) is 10.1 Å². The lowest BCUT2D eigenvalue weighted by molar-refractivity contribution is -0.644. The van der Waals surface area contributed by atoms with Crippen LogP contribution in [0.5, 0.6) is 0 Å². The standard InChI is InChI=1S/C17H16FN3/c1-2-4-14-12-20-21(16-6-3-5-15(18)11-16)17(14)13-7-9-19-10-8-13/h3,5-12H,2,4H2,1H3/p+1. The maximum atomic E-state index is 13.5. The summed E-state index contributed by atoms with van der Waals surface area (Å²) in [6.07, 6.45) is 7.56. The normalized spacial score (nSPS) is 10.8. The lowest BCUT2D eigenvalue weighted by Gasteiger charge is -2.00. The topological polar surface area (TPSA) is 32.6 Å². The van der Waals surface area contributed by atoms with E-state index in [1.807, 2.05) is 29.1 Å². The number of aromatic amines is 1. The molecule has 21 heavy (non-hydrogen) atoms. The molecule has 0 amide bonds. The van der Waals surface area contributed by atoms with Crippen LogP contribution in [0, 0.1) is 5.82 Å². The Morgan fingerprint density at radius 1 is 1.19 bits per heavy atom. The van der Waals surface area contributed by atoms with E-state index in [0.717, 1.165) is 29.8 Å². The quantitative estimate of drug-likeness (QED) is 0.730. The highest BCUT2D eigenvalue weighted by molar-refractivity contribution is 5.59. The van der Waals surface area contributed by atoms with Crippen LogP contribution in [0.1, 0.15) is 18.9 Å². The zero-order valence-corrected chi connectivity index (χ0v) is 11.9. The van der Waals surface area contributed by atoms with Gasteiger partial charge in [-0.05, 0) is 24.6 Å². The van der Waals surface area contributed by atoms with Crippen LogP contribution in [0.2, 0.25) is 0 Å². The second-order valence-electron chi connectivity index (χ2n) is 4.95. The number of pyridine rings is 1. The third kappa shape index (κ3) is 2.70. The summed E-state index contributed by atoms with van der Waals surface area (Å²) in [5.41, 5.74) is 4.13. The van der Waals surface area contributed by atoms with E-state index in [-0.39, 0.29) is 5.82 Å². The SMILES string of the molecule is CCCc1c[nH][n+](-c2cccc(F)c2)c1-c1ccncc1. The number of hydrogen-bond donors (Lipinski definition) is 1. The zero-order valence-electron chi connectivity index (χ0n) is 11.9. The molecule has 0 aliphatic rings. The number of rotatable bonds is 4. The molecule has 1 aromatic carbocycles. The molecule has 3 rings (SSSR count). The minimum absolute atomic E-state index is 0.243. The predicted octanol–water partition coefficient (Wildman–Crippen LogP) is 3.45. The van der Waals surface area contributed by atoms with Crippen LogP contribution < -0.4 is 4.68 Å². The van der Waals surface area contributed by atoms with E-state index >= 15 is 0 Å². The van der Waals surface area contributed by atoms with Crippen LogP contribution in [-0.2, 0) is 6.42 Å². The van der Waals surface area contributed by atoms with Crippen molar-refractivity contribution in [3.8, 4) is 16.9 Å². The molecule has 0 radical (unpaired) electrons. The molecule has 0 unspecified atom stereocenters. The number of nitrogens with zero attached hydrogens (tertiary/aromatic N) is 2. The zero-order chi connectivity index (χ0) is 14.7. The second kappa shape index (κ2) is 5.87. The van der Waals surface area contributed by atoms with Gasteiger partial charge in [-0.25, -0.2) is 4.39 Å². The first-order valence-corrected chi connectivity index (χ1v) is 7.08. The van der Waals surface area contributed by atoms with E-state index in [0.29, 0.717) is 0 Å². The van der Waals surface area contributed by atoms with Gasteiger partial charge in [0.05, 0.1) is 11.8 Å². The highest BCUT2D eigenvalue weighted by Crippen LogP contribution is 2.22. The van der Waals surface area contributed by atoms with Crippen LogP contribution in [0.4, 0.5) is 4.39 Å². The minimum Gasteiger partial charge on any atom is -0.265 e. The minimum atomic E-state index is -0.243. The second-order valence-corrected chi connectivity index (χ2v) is 4.95. The van der Waals surface area contributed by atoms with Crippen molar-refractivity contribution in [1.29, 1.82) is 0 Å². The van der Waals surface area contributed by atoms with Crippen molar-refractivity contribution in [2.45, 2.75) is 19.8 Å². The van der Waals surface area contributed by atoms with E-state index in [1.54, 1.807) is 18.5 Å². The van der Waals surface area contributed by atoms with E-state index in [9.17, 15) is 4.39 Å². The van der Waals surface area contributed by atoms with Gasteiger partial charge in [-0.2, -0.15) is 5.10 Å². The smallest absolute Gasteiger partial charge is 0.248 e. The number of aryl methyl sites for hydroxylation is 1. The third-order valence-corrected chi connectivity index (χ3v) is 3.44. The first-order valence-electron chi connectivity index (χ1n) is 7.08. The Bertz CT molecular complexity index is 735. The van der Waals surface area contributed by atoms with Crippen LogP contribution in [0.15, 0.2) is 55.0 Å². The number of halogens is 1. The van der Waals surface area contributed by atoms with Gasteiger partial charge in [0.25, 0.3) is 0 Å². The van der Waals surface area contributed by atoms with Gasteiger partial charge in [-0.15, -0.1) is 0 Å². The lowest BCUT2D eigenvalue weighted by Crippen LogP contribution is -2.34. The Morgan fingerprint density at radius 3 is 2.71 bits per heavy atom. The van der Waals surface area contributed by atoms with Gasteiger partial charge in [0.2, 0.25) is 11.4 Å². The average molecular weight is 282 g/mol. The van der Waals surface area contributed by atoms with Gasteiger partial charge >= 0.3 is 0 Å². The number of H-pyrrole nitrogens is 1. The van der Waals surface area contributed by atoms with Crippen LogP contribution in [0.25, 0.3) is 16.9 Å². The Balaban J connectivity index is 2.18. The summed E-state index contributed by atoms with van der Waals surface area (Å²) >= 11 is 0. The molecular formula is C17H17FN3+. The summed E-state index contributed by atoms with van der Waals surface area (Å²) in [4.78, 5) is 4.07. The molecule has 1 N–H and O–H groups in total. The van der Waals surface area contributed by atoms with Gasteiger partial charge < -0.3 is 0 Å². The molecule has 0 atom stereocenters. The Kier molecular flexibility index (Phi) is 3.77. The fourth-order valence-electron chi connectivity index (χ4n) is 2.52. The highest BCUT2D eigenvalue weighted by atomic mass is 19.1. The predicted molar refractivity (Wildman–Crippen MR) is 79.5 cm³/mol. The van der Waals surface area contributed by atoms with Crippen LogP contribution in [-0.4, -0.2) is 10.1 Å². The first kappa shape index (κ1) is 13.5. The molecule has 2 aromatic heterocycles. The Morgan fingerprint density at radius 2 is 2.00 bits per heavy atom. The van der Waals surface area contributed by atoms with Crippen molar-refractivity contribution >= 4 is 0 Å². The van der Waals surface area contributed by atoms with Crippen molar-refractivity contribution in [3.05, 3.63) is 66.4 Å². The number of nitrogens with one attached hydrogen (secondary N) is 1. The van der Waals surface area contributed by atoms with Crippen LogP contribution >= 0.6 is 0 Å². The molecule has 0 bridgehead atoms. The molecule has 0 aliphatic carbocycles. The number of benzene rings is 1. The van der Waals surface area contributed by atoms with Crippen LogP contribution in [0.3, 0.4) is 0 Å². The molecule has 106 valence electrons. The molecule has 3 nitrogen and oxygen atoms in total. The summed E-state index contributed by atoms with van der Waals surface area (Å²) < 4.78 is 15.4. The lowest BCUT2D eigenvalue weighted by atomic mass is 10.1. The van der Waals surface area contributed by atoms with E-state index in [1.165, 1.54) is 17.7 Å². The maximum absolute atomic E-state index is 13.5. The van der Waals surface area contributed by atoms with Gasteiger partial charge in [-0.3, -0.25) is 4.98 Å². The molecule has 0 aliphatic heterocycles. The Labute approximate surface area is 123 Å². The molecule has 0 saturated carbocycles. The van der Waals surface area contributed by atoms with Gasteiger partial charge in [0.15, 0.2) is 0 Å². The summed E-state index contributed by atoms with van der Waals surface area (Å²) in [6.45, 7) is 2.15. The average Bonchev–Trinajstić information content (AvgIpc) is 2.92. The van der Waals surface area contributed by atoms with Crippen molar-refractivity contribution in [2.24, 2.45) is 0 Å². The van der Waals surface area contributed by atoms with Crippen molar-refractivity contribution in [3.63, 3.8) is 0 Å². The molecule has 3 aromatic rings. The highest BCUT2D eigenvalue weighted by Gasteiger charge is 2.23. The summed E-state index contributed by atoms with van der Waals surface area (Å²) in [5.74, 6) is -0.243. The molecule has 2 heterocycles. The van der Waals surface area contributed by atoms with Gasteiger partial charge in [0.1, 0.15) is 5.82 Å². The fourth-order valence-corrected chi connectivity index (χ4v) is 2.52. The van der Waals surface area contributed by atoms with E-state index in [4.69, 9.17) is 0 Å². The first-order chi connectivity index (χ1) is 10.3. The largest absolute Gasteiger partial charge is 0.265 e. The third-order valence-electron chi connectivity index (χ3n) is 3.44. The molecular weight excluding hydrogens is 265 g/mol. The summed E-state index contributed by atoms with van der Waals surface area (Å²) in [7, 11) is 0. The molecule has 0 saturated heterocycles. The van der Waals surface area contributed by atoms with Crippen molar-refractivity contribution in [2.75, 3.05) is 0 Å². The summed E-state index contributed by atoms with van der Waals surface area (Å²) in [6, 6.07) is 10.5.